The number of nitrogens with one attached hydrogen (secondary N) is 1. The third-order valence-electron chi connectivity index (χ3n) is 5.98. The second-order valence-corrected chi connectivity index (χ2v) is 9.02. The smallest absolute Gasteiger partial charge is 0.332 e. The first-order chi connectivity index (χ1) is 14.7. The van der Waals surface area contributed by atoms with Crippen LogP contribution in [0.25, 0.3) is 0 Å². The Bertz CT molecular complexity index is 1020. The standard InChI is InChI=1S/C23H29N5O3/c1-15-19-17(25-26-22(24)30)13-23(2,3)14-18(19)31-20(15)21(29)28-11-9-27(10-12-28)16-7-5-4-6-8-16/h4-8H,9-14H2,1-3H3,(H3,24,26,30)/b25-17-. The van der Waals surface area contributed by atoms with Gasteiger partial charge in [-0.3, -0.25) is 4.79 Å². The number of rotatable bonds is 3. The molecule has 2 heterocycles. The van der Waals surface area contributed by atoms with Gasteiger partial charge in [-0.1, -0.05) is 32.0 Å². The van der Waals surface area contributed by atoms with Gasteiger partial charge in [0, 0.05) is 49.4 Å². The van der Waals surface area contributed by atoms with E-state index >= 15 is 0 Å². The minimum absolute atomic E-state index is 0.0976. The molecular weight excluding hydrogens is 394 g/mol. The number of primary amides is 1. The fraction of sp³-hybridized carbons (Fsp3) is 0.435. The Labute approximate surface area is 182 Å². The molecule has 1 aromatic carbocycles. The van der Waals surface area contributed by atoms with Gasteiger partial charge in [-0.05, 0) is 30.9 Å². The second-order valence-electron chi connectivity index (χ2n) is 9.02. The monoisotopic (exact) mass is 423 g/mol. The maximum atomic E-state index is 13.3. The molecule has 2 aliphatic rings. The van der Waals surface area contributed by atoms with Crippen molar-refractivity contribution in [2.75, 3.05) is 31.1 Å². The summed E-state index contributed by atoms with van der Waals surface area (Å²) in [5.74, 6) is 1.01. The fourth-order valence-corrected chi connectivity index (χ4v) is 4.49. The molecule has 8 heteroatoms. The van der Waals surface area contributed by atoms with Crippen LogP contribution in [0.15, 0.2) is 39.9 Å². The zero-order valence-electron chi connectivity index (χ0n) is 18.3. The van der Waals surface area contributed by atoms with E-state index in [1.54, 1.807) is 0 Å². The minimum atomic E-state index is -0.717. The lowest BCUT2D eigenvalue weighted by Gasteiger charge is -2.35. The molecule has 0 radical (unpaired) electrons. The molecule has 1 saturated heterocycles. The molecule has 0 atom stereocenters. The highest BCUT2D eigenvalue weighted by atomic mass is 16.4. The van der Waals surface area contributed by atoms with Crippen molar-refractivity contribution in [3.8, 4) is 0 Å². The number of benzene rings is 1. The van der Waals surface area contributed by atoms with Crippen molar-refractivity contribution < 1.29 is 14.0 Å². The van der Waals surface area contributed by atoms with Crippen molar-refractivity contribution in [2.24, 2.45) is 16.3 Å². The Morgan fingerprint density at radius 1 is 1.10 bits per heavy atom. The van der Waals surface area contributed by atoms with Crippen LogP contribution in [0.4, 0.5) is 10.5 Å². The highest BCUT2D eigenvalue weighted by Crippen LogP contribution is 2.39. The van der Waals surface area contributed by atoms with Crippen molar-refractivity contribution >= 4 is 23.3 Å². The molecule has 2 aromatic rings. The number of nitrogens with zero attached hydrogens (tertiary/aromatic N) is 3. The number of hydrazone groups is 1. The molecule has 31 heavy (non-hydrogen) atoms. The summed E-state index contributed by atoms with van der Waals surface area (Å²) in [6.07, 6.45) is 1.36. The molecule has 4 rings (SSSR count). The van der Waals surface area contributed by atoms with Crippen molar-refractivity contribution in [3.05, 3.63) is 53.0 Å². The molecule has 3 amide bonds. The third kappa shape index (κ3) is 4.28. The van der Waals surface area contributed by atoms with Crippen LogP contribution in [0.1, 0.15) is 47.7 Å². The van der Waals surface area contributed by atoms with Crippen LogP contribution in [-0.4, -0.2) is 48.7 Å². The van der Waals surface area contributed by atoms with Crippen LogP contribution in [0.3, 0.4) is 0 Å². The maximum Gasteiger partial charge on any atom is 0.332 e. The number of urea groups is 1. The first kappa shape index (κ1) is 21.0. The number of fused-ring (bicyclic) bond motifs is 1. The number of piperazine rings is 1. The summed E-state index contributed by atoms with van der Waals surface area (Å²) in [7, 11) is 0. The van der Waals surface area contributed by atoms with E-state index in [2.05, 4.69) is 41.4 Å². The Morgan fingerprint density at radius 3 is 2.42 bits per heavy atom. The van der Waals surface area contributed by atoms with Gasteiger partial charge in [0.15, 0.2) is 5.76 Å². The normalized spacial score (nSPS) is 19.3. The molecule has 1 fully saturated rings. The maximum absolute atomic E-state index is 13.3. The minimum Gasteiger partial charge on any atom is -0.455 e. The number of carbonyl (C=O) groups is 2. The van der Waals surface area contributed by atoms with E-state index < -0.39 is 6.03 Å². The lowest BCUT2D eigenvalue weighted by Crippen LogP contribution is -2.48. The summed E-state index contributed by atoms with van der Waals surface area (Å²) in [5.41, 5.74) is 10.9. The van der Waals surface area contributed by atoms with Crippen molar-refractivity contribution in [3.63, 3.8) is 0 Å². The molecule has 0 bridgehead atoms. The van der Waals surface area contributed by atoms with Gasteiger partial charge in [0.25, 0.3) is 5.91 Å². The summed E-state index contributed by atoms with van der Waals surface area (Å²) < 4.78 is 6.11. The first-order valence-corrected chi connectivity index (χ1v) is 10.6. The van der Waals surface area contributed by atoms with Gasteiger partial charge in [0.2, 0.25) is 0 Å². The molecule has 164 valence electrons. The third-order valence-corrected chi connectivity index (χ3v) is 5.98. The van der Waals surface area contributed by atoms with Crippen molar-refractivity contribution in [2.45, 2.75) is 33.6 Å². The highest BCUT2D eigenvalue weighted by molar-refractivity contribution is 6.07. The van der Waals surface area contributed by atoms with Gasteiger partial charge < -0.3 is 20.0 Å². The quantitative estimate of drug-likeness (QED) is 0.741. The average molecular weight is 424 g/mol. The number of amides is 3. The van der Waals surface area contributed by atoms with Crippen LogP contribution < -0.4 is 16.1 Å². The summed E-state index contributed by atoms with van der Waals surface area (Å²) in [5, 5.41) is 4.21. The number of anilines is 1. The fourth-order valence-electron chi connectivity index (χ4n) is 4.49. The SMILES string of the molecule is Cc1c(C(=O)N2CCN(c3ccccc3)CC2)oc2c1/C(=N\NC(N)=O)CC(C)(C)C2. The molecule has 0 spiro atoms. The Balaban J connectivity index is 1.55. The number of carbonyl (C=O) groups excluding carboxylic acids is 2. The molecule has 8 nitrogen and oxygen atoms in total. The molecular formula is C23H29N5O3. The van der Waals surface area contributed by atoms with E-state index in [1.165, 1.54) is 5.69 Å². The second kappa shape index (κ2) is 8.09. The first-order valence-electron chi connectivity index (χ1n) is 10.6. The predicted molar refractivity (Wildman–Crippen MR) is 119 cm³/mol. The van der Waals surface area contributed by atoms with Crippen molar-refractivity contribution in [1.82, 2.24) is 10.3 Å². The Morgan fingerprint density at radius 2 is 1.77 bits per heavy atom. The van der Waals surface area contributed by atoms with E-state index in [-0.39, 0.29) is 11.3 Å². The molecule has 0 unspecified atom stereocenters. The molecule has 1 aliphatic carbocycles. The van der Waals surface area contributed by atoms with Crippen LogP contribution in [-0.2, 0) is 6.42 Å². The largest absolute Gasteiger partial charge is 0.455 e. The Kier molecular flexibility index (Phi) is 5.47. The molecule has 1 aromatic heterocycles. The lowest BCUT2D eigenvalue weighted by molar-refractivity contribution is 0.0710. The zero-order chi connectivity index (χ0) is 22.2. The van der Waals surface area contributed by atoms with E-state index in [1.807, 2.05) is 30.0 Å². The average Bonchev–Trinajstić information content (AvgIpc) is 3.07. The summed E-state index contributed by atoms with van der Waals surface area (Å²) >= 11 is 0. The molecule has 1 aliphatic heterocycles. The van der Waals surface area contributed by atoms with E-state index in [0.717, 1.165) is 30.0 Å². The predicted octanol–water partition coefficient (Wildman–Crippen LogP) is 2.90. The van der Waals surface area contributed by atoms with Gasteiger partial charge in [-0.25, -0.2) is 10.2 Å². The van der Waals surface area contributed by atoms with Gasteiger partial charge in [0.05, 0.1) is 5.71 Å². The summed E-state index contributed by atoms with van der Waals surface area (Å²) in [4.78, 5) is 28.6. The van der Waals surface area contributed by atoms with Crippen LogP contribution in [0, 0.1) is 12.3 Å². The number of furan rings is 1. The lowest BCUT2D eigenvalue weighted by atomic mass is 9.75. The summed E-state index contributed by atoms with van der Waals surface area (Å²) in [6, 6.07) is 9.51. The van der Waals surface area contributed by atoms with E-state index in [9.17, 15) is 9.59 Å². The van der Waals surface area contributed by atoms with Crippen LogP contribution >= 0.6 is 0 Å². The van der Waals surface area contributed by atoms with E-state index in [4.69, 9.17) is 10.2 Å². The number of hydrogen-bond donors (Lipinski definition) is 2. The van der Waals surface area contributed by atoms with Gasteiger partial charge in [-0.2, -0.15) is 5.10 Å². The molecule has 0 saturated carbocycles. The van der Waals surface area contributed by atoms with Crippen LogP contribution in [0.5, 0.6) is 0 Å². The van der Waals surface area contributed by atoms with Gasteiger partial charge in [-0.15, -0.1) is 0 Å². The van der Waals surface area contributed by atoms with Gasteiger partial charge in [0.1, 0.15) is 5.76 Å². The van der Waals surface area contributed by atoms with Gasteiger partial charge >= 0.3 is 6.03 Å². The van der Waals surface area contributed by atoms with E-state index in [0.29, 0.717) is 37.4 Å². The zero-order valence-corrected chi connectivity index (χ0v) is 18.3. The number of para-hydroxylation sites is 1. The molecule has 3 N–H and O–H groups in total. The highest BCUT2D eigenvalue weighted by Gasteiger charge is 2.37. The van der Waals surface area contributed by atoms with Crippen LogP contribution in [0.2, 0.25) is 0 Å². The van der Waals surface area contributed by atoms with Crippen molar-refractivity contribution in [1.29, 1.82) is 0 Å². The number of nitrogens with two attached hydrogens (primary N) is 1. The summed E-state index contributed by atoms with van der Waals surface area (Å²) in [6.45, 7) is 8.92. The topological polar surface area (TPSA) is 104 Å². The Hall–Kier alpha value is -3.29. The number of hydrogen-bond acceptors (Lipinski definition) is 5.